The van der Waals surface area contributed by atoms with Gasteiger partial charge in [-0.15, -0.1) is 0 Å². The van der Waals surface area contributed by atoms with Crippen molar-refractivity contribution in [2.45, 2.75) is 63.8 Å². The van der Waals surface area contributed by atoms with Crippen LogP contribution in [-0.4, -0.2) is 13.1 Å². The summed E-state index contributed by atoms with van der Waals surface area (Å²) in [5.41, 5.74) is 3.24. The molecule has 0 aliphatic heterocycles. The van der Waals surface area contributed by atoms with E-state index in [4.69, 9.17) is 0 Å². The molecule has 1 heteroatoms. The van der Waals surface area contributed by atoms with Crippen molar-refractivity contribution in [1.82, 2.24) is 5.32 Å². The van der Waals surface area contributed by atoms with Crippen LogP contribution in [0, 0.1) is 11.8 Å². The molecule has 2 unspecified atom stereocenters. The standard InChI is InChI=1S/C19H29N/c1-14-10-12-16(13-11-14)19(20-2)18-9-5-7-15-6-3-4-8-17(15)18/h3-4,6,8,14,16,18-20H,5,7,9-13H2,1-2H3. The summed E-state index contributed by atoms with van der Waals surface area (Å²) < 4.78 is 0. The van der Waals surface area contributed by atoms with E-state index in [0.29, 0.717) is 6.04 Å². The lowest BCUT2D eigenvalue weighted by atomic mass is 9.70. The molecule has 2 aliphatic rings. The molecule has 110 valence electrons. The van der Waals surface area contributed by atoms with Crippen LogP contribution in [-0.2, 0) is 6.42 Å². The Morgan fingerprint density at radius 1 is 1.05 bits per heavy atom. The second-order valence-corrected chi connectivity index (χ2v) is 7.03. The average Bonchev–Trinajstić information content (AvgIpc) is 2.50. The molecule has 20 heavy (non-hydrogen) atoms. The molecule has 1 saturated carbocycles. The minimum absolute atomic E-state index is 0.684. The van der Waals surface area contributed by atoms with E-state index in [1.165, 1.54) is 44.9 Å². The maximum absolute atomic E-state index is 3.70. The zero-order valence-electron chi connectivity index (χ0n) is 13.1. The zero-order chi connectivity index (χ0) is 13.9. The first-order chi connectivity index (χ1) is 9.79. The minimum atomic E-state index is 0.684. The summed E-state index contributed by atoms with van der Waals surface area (Å²) in [5, 5.41) is 3.70. The fraction of sp³-hybridized carbons (Fsp3) is 0.684. The highest BCUT2D eigenvalue weighted by Crippen LogP contribution is 2.40. The van der Waals surface area contributed by atoms with E-state index in [2.05, 4.69) is 43.6 Å². The van der Waals surface area contributed by atoms with Gasteiger partial charge in [0.05, 0.1) is 0 Å². The predicted octanol–water partition coefficient (Wildman–Crippen LogP) is 4.52. The van der Waals surface area contributed by atoms with E-state index in [0.717, 1.165) is 17.8 Å². The molecule has 1 N–H and O–H groups in total. The quantitative estimate of drug-likeness (QED) is 0.852. The summed E-state index contributed by atoms with van der Waals surface area (Å²) in [6, 6.07) is 9.85. The van der Waals surface area contributed by atoms with Gasteiger partial charge in [-0.25, -0.2) is 0 Å². The Kier molecular flexibility index (Phi) is 4.45. The van der Waals surface area contributed by atoms with Crippen LogP contribution in [0.2, 0.25) is 0 Å². The van der Waals surface area contributed by atoms with Crippen LogP contribution in [0.3, 0.4) is 0 Å². The Bertz CT molecular complexity index is 431. The van der Waals surface area contributed by atoms with Gasteiger partial charge in [0, 0.05) is 6.04 Å². The van der Waals surface area contributed by atoms with Crippen LogP contribution >= 0.6 is 0 Å². The lowest BCUT2D eigenvalue weighted by Crippen LogP contribution is -2.41. The number of likely N-dealkylation sites (N-methyl/N-ethyl adjacent to an activating group) is 1. The number of rotatable bonds is 3. The third kappa shape index (κ3) is 2.79. The van der Waals surface area contributed by atoms with Crippen molar-refractivity contribution in [1.29, 1.82) is 0 Å². The summed E-state index contributed by atoms with van der Waals surface area (Å²) >= 11 is 0. The maximum Gasteiger partial charge on any atom is 0.0161 e. The second kappa shape index (κ2) is 6.30. The molecule has 0 aromatic heterocycles. The highest BCUT2D eigenvalue weighted by molar-refractivity contribution is 5.34. The van der Waals surface area contributed by atoms with Gasteiger partial charge in [-0.1, -0.05) is 44.0 Å². The van der Waals surface area contributed by atoms with Gasteiger partial charge in [-0.2, -0.15) is 0 Å². The Hall–Kier alpha value is -0.820. The van der Waals surface area contributed by atoms with E-state index in [1.807, 2.05) is 0 Å². The Labute approximate surface area is 124 Å². The number of benzene rings is 1. The monoisotopic (exact) mass is 271 g/mol. The fourth-order valence-corrected chi connectivity index (χ4v) is 4.57. The van der Waals surface area contributed by atoms with Gasteiger partial charge in [0.15, 0.2) is 0 Å². The van der Waals surface area contributed by atoms with Gasteiger partial charge < -0.3 is 5.32 Å². The highest BCUT2D eigenvalue weighted by Gasteiger charge is 2.33. The molecule has 1 aromatic rings. The molecular weight excluding hydrogens is 242 g/mol. The molecule has 0 amide bonds. The van der Waals surface area contributed by atoms with Crippen LogP contribution in [0.15, 0.2) is 24.3 Å². The molecule has 3 rings (SSSR count). The van der Waals surface area contributed by atoms with Crippen molar-refractivity contribution in [2.75, 3.05) is 7.05 Å². The number of fused-ring (bicyclic) bond motifs is 1. The van der Waals surface area contributed by atoms with Gasteiger partial charge in [-0.05, 0) is 68.0 Å². The molecule has 0 saturated heterocycles. The second-order valence-electron chi connectivity index (χ2n) is 7.03. The highest BCUT2D eigenvalue weighted by atomic mass is 14.9. The van der Waals surface area contributed by atoms with Gasteiger partial charge in [0.1, 0.15) is 0 Å². The summed E-state index contributed by atoms with van der Waals surface area (Å²) in [5.74, 6) is 2.57. The topological polar surface area (TPSA) is 12.0 Å². The molecule has 1 aromatic carbocycles. The molecule has 0 radical (unpaired) electrons. The van der Waals surface area contributed by atoms with Crippen LogP contribution in [0.4, 0.5) is 0 Å². The third-order valence-electron chi connectivity index (χ3n) is 5.75. The van der Waals surface area contributed by atoms with Crippen molar-refractivity contribution >= 4 is 0 Å². The summed E-state index contributed by atoms with van der Waals surface area (Å²) in [6.45, 7) is 2.42. The Morgan fingerprint density at radius 3 is 2.55 bits per heavy atom. The first-order valence-electron chi connectivity index (χ1n) is 8.54. The van der Waals surface area contributed by atoms with Gasteiger partial charge in [-0.3, -0.25) is 0 Å². The molecule has 0 bridgehead atoms. The number of aryl methyl sites for hydroxylation is 1. The minimum Gasteiger partial charge on any atom is -0.316 e. The molecule has 1 fully saturated rings. The number of hydrogen-bond acceptors (Lipinski definition) is 1. The maximum atomic E-state index is 3.70. The van der Waals surface area contributed by atoms with Crippen molar-refractivity contribution in [2.24, 2.45) is 11.8 Å². The zero-order valence-corrected chi connectivity index (χ0v) is 13.1. The molecular formula is C19H29N. The van der Waals surface area contributed by atoms with Crippen LogP contribution < -0.4 is 5.32 Å². The summed E-state index contributed by atoms with van der Waals surface area (Å²) in [6.07, 6.45) is 9.72. The smallest absolute Gasteiger partial charge is 0.0161 e. The van der Waals surface area contributed by atoms with E-state index < -0.39 is 0 Å². The van der Waals surface area contributed by atoms with E-state index in [9.17, 15) is 0 Å². The van der Waals surface area contributed by atoms with E-state index in [1.54, 1.807) is 11.1 Å². The first kappa shape index (κ1) is 14.1. The lowest BCUT2D eigenvalue weighted by molar-refractivity contribution is 0.208. The normalized spacial score (nSPS) is 31.6. The predicted molar refractivity (Wildman–Crippen MR) is 86.1 cm³/mol. The number of nitrogens with one attached hydrogen (secondary N) is 1. The average molecular weight is 271 g/mol. The SMILES string of the molecule is CNC(C1CCC(C)CC1)C1CCCc2ccccc21. The third-order valence-corrected chi connectivity index (χ3v) is 5.75. The van der Waals surface area contributed by atoms with Crippen molar-refractivity contribution < 1.29 is 0 Å². The molecule has 0 heterocycles. The molecule has 1 nitrogen and oxygen atoms in total. The molecule has 0 spiro atoms. The molecule has 2 aliphatic carbocycles. The number of hydrogen-bond donors (Lipinski definition) is 1. The van der Waals surface area contributed by atoms with Crippen LogP contribution in [0.25, 0.3) is 0 Å². The lowest BCUT2D eigenvalue weighted by Gasteiger charge is -2.39. The Morgan fingerprint density at radius 2 is 1.80 bits per heavy atom. The van der Waals surface area contributed by atoms with Crippen molar-refractivity contribution in [3.63, 3.8) is 0 Å². The largest absolute Gasteiger partial charge is 0.316 e. The van der Waals surface area contributed by atoms with Gasteiger partial charge in [0.25, 0.3) is 0 Å². The fourth-order valence-electron chi connectivity index (χ4n) is 4.57. The van der Waals surface area contributed by atoms with Crippen LogP contribution in [0.1, 0.15) is 62.5 Å². The Balaban J connectivity index is 1.80. The van der Waals surface area contributed by atoms with E-state index >= 15 is 0 Å². The summed E-state index contributed by atoms with van der Waals surface area (Å²) in [7, 11) is 2.18. The summed E-state index contributed by atoms with van der Waals surface area (Å²) in [4.78, 5) is 0. The van der Waals surface area contributed by atoms with Crippen molar-refractivity contribution in [3.05, 3.63) is 35.4 Å². The van der Waals surface area contributed by atoms with Gasteiger partial charge in [0.2, 0.25) is 0 Å². The molecule has 2 atom stereocenters. The van der Waals surface area contributed by atoms with E-state index in [-0.39, 0.29) is 0 Å². The van der Waals surface area contributed by atoms with Crippen molar-refractivity contribution in [3.8, 4) is 0 Å². The first-order valence-corrected chi connectivity index (χ1v) is 8.54. The van der Waals surface area contributed by atoms with Crippen LogP contribution in [0.5, 0.6) is 0 Å². The van der Waals surface area contributed by atoms with Gasteiger partial charge >= 0.3 is 0 Å².